The van der Waals surface area contributed by atoms with Crippen LogP contribution < -0.4 is 10.6 Å². The highest BCUT2D eigenvalue weighted by molar-refractivity contribution is 5.91. The SMILES string of the molecule is CC[C@H](C)c1ccc(NC(=O)C[NH2+][C@H](c2ccccc2)c2ccco2)cc1. The number of amides is 1. The maximum Gasteiger partial charge on any atom is 0.279 e. The fraction of sp³-hybridized carbons (Fsp3) is 0.261. The monoisotopic (exact) mass is 363 g/mol. The second-order valence-corrected chi connectivity index (χ2v) is 6.82. The Hall–Kier alpha value is -2.85. The van der Waals surface area contributed by atoms with Crippen molar-refractivity contribution in [2.45, 2.75) is 32.2 Å². The van der Waals surface area contributed by atoms with E-state index in [2.05, 4.69) is 43.4 Å². The number of hydrogen-bond acceptors (Lipinski definition) is 2. The van der Waals surface area contributed by atoms with E-state index in [1.165, 1.54) is 5.56 Å². The van der Waals surface area contributed by atoms with Crippen molar-refractivity contribution >= 4 is 11.6 Å². The Morgan fingerprint density at radius 1 is 1.00 bits per heavy atom. The minimum Gasteiger partial charge on any atom is -0.463 e. The molecule has 0 fully saturated rings. The maximum absolute atomic E-state index is 12.4. The number of carbonyl (C=O) groups excluding carboxylic acids is 1. The minimum atomic E-state index is -0.0419. The Morgan fingerprint density at radius 3 is 2.37 bits per heavy atom. The molecule has 3 N–H and O–H groups in total. The molecule has 3 aromatic rings. The van der Waals surface area contributed by atoms with Crippen LogP contribution in [-0.2, 0) is 4.79 Å². The second-order valence-electron chi connectivity index (χ2n) is 6.82. The molecule has 4 heteroatoms. The van der Waals surface area contributed by atoms with Crippen molar-refractivity contribution in [1.82, 2.24) is 0 Å². The summed E-state index contributed by atoms with van der Waals surface area (Å²) in [6.45, 7) is 4.70. The van der Waals surface area contributed by atoms with Gasteiger partial charge >= 0.3 is 0 Å². The van der Waals surface area contributed by atoms with E-state index >= 15 is 0 Å². The highest BCUT2D eigenvalue weighted by atomic mass is 16.3. The fourth-order valence-electron chi connectivity index (χ4n) is 3.11. The van der Waals surface area contributed by atoms with Crippen LogP contribution in [0.25, 0.3) is 0 Å². The van der Waals surface area contributed by atoms with Crippen LogP contribution in [-0.4, -0.2) is 12.5 Å². The summed E-state index contributed by atoms with van der Waals surface area (Å²) in [6, 6.07) is 22.0. The van der Waals surface area contributed by atoms with Gasteiger partial charge in [0.25, 0.3) is 5.91 Å². The molecule has 0 unspecified atom stereocenters. The van der Waals surface area contributed by atoms with Crippen molar-refractivity contribution in [3.05, 3.63) is 89.9 Å². The largest absolute Gasteiger partial charge is 0.463 e. The molecular weight excluding hydrogens is 336 g/mol. The molecule has 0 aliphatic carbocycles. The summed E-state index contributed by atoms with van der Waals surface area (Å²) in [5.41, 5.74) is 3.23. The van der Waals surface area contributed by atoms with Crippen molar-refractivity contribution < 1.29 is 14.5 Å². The van der Waals surface area contributed by atoms with E-state index in [9.17, 15) is 4.79 Å². The van der Waals surface area contributed by atoms with E-state index in [0.717, 1.165) is 23.4 Å². The van der Waals surface area contributed by atoms with Crippen molar-refractivity contribution in [1.29, 1.82) is 0 Å². The summed E-state index contributed by atoms with van der Waals surface area (Å²) in [6.07, 6.45) is 2.77. The average Bonchev–Trinajstić information content (AvgIpc) is 3.23. The molecule has 0 saturated carbocycles. The lowest BCUT2D eigenvalue weighted by molar-refractivity contribution is -0.678. The van der Waals surface area contributed by atoms with Crippen molar-refractivity contribution in [2.24, 2.45) is 0 Å². The number of benzene rings is 2. The number of anilines is 1. The molecule has 0 saturated heterocycles. The number of quaternary nitrogens is 1. The Bertz CT molecular complexity index is 827. The molecule has 1 heterocycles. The zero-order valence-corrected chi connectivity index (χ0v) is 15.9. The quantitative estimate of drug-likeness (QED) is 0.633. The molecule has 4 nitrogen and oxygen atoms in total. The first-order valence-electron chi connectivity index (χ1n) is 9.49. The van der Waals surface area contributed by atoms with Crippen LogP contribution in [0.4, 0.5) is 5.69 Å². The highest BCUT2D eigenvalue weighted by Gasteiger charge is 2.21. The zero-order valence-electron chi connectivity index (χ0n) is 15.9. The Labute approximate surface area is 160 Å². The summed E-state index contributed by atoms with van der Waals surface area (Å²) in [7, 11) is 0. The molecule has 0 spiro atoms. The molecule has 0 bridgehead atoms. The molecule has 2 aromatic carbocycles. The number of nitrogens with two attached hydrogens (primary N) is 1. The van der Waals surface area contributed by atoms with Crippen LogP contribution in [0.1, 0.15) is 49.1 Å². The zero-order chi connectivity index (χ0) is 19.1. The third-order valence-corrected chi connectivity index (χ3v) is 4.92. The normalized spacial score (nSPS) is 13.1. The lowest BCUT2D eigenvalue weighted by Crippen LogP contribution is -2.87. The smallest absolute Gasteiger partial charge is 0.279 e. The molecule has 1 aromatic heterocycles. The lowest BCUT2D eigenvalue weighted by atomic mass is 9.99. The van der Waals surface area contributed by atoms with E-state index in [4.69, 9.17) is 4.42 Å². The van der Waals surface area contributed by atoms with Crippen LogP contribution in [0.5, 0.6) is 0 Å². The van der Waals surface area contributed by atoms with Gasteiger partial charge in [-0.2, -0.15) is 0 Å². The van der Waals surface area contributed by atoms with Gasteiger partial charge in [0.2, 0.25) is 0 Å². The first kappa shape index (κ1) is 18.9. The van der Waals surface area contributed by atoms with Gasteiger partial charge in [-0.15, -0.1) is 0 Å². The lowest BCUT2D eigenvalue weighted by Gasteiger charge is -2.14. The summed E-state index contributed by atoms with van der Waals surface area (Å²) in [5.74, 6) is 1.34. The topological polar surface area (TPSA) is 58.9 Å². The van der Waals surface area contributed by atoms with E-state index in [1.807, 2.05) is 47.8 Å². The van der Waals surface area contributed by atoms with Gasteiger partial charge in [0, 0.05) is 11.3 Å². The highest BCUT2D eigenvalue weighted by Crippen LogP contribution is 2.20. The van der Waals surface area contributed by atoms with Crippen LogP contribution in [0.3, 0.4) is 0 Å². The number of furan rings is 1. The van der Waals surface area contributed by atoms with E-state index in [-0.39, 0.29) is 11.9 Å². The van der Waals surface area contributed by atoms with Crippen molar-refractivity contribution in [3.8, 4) is 0 Å². The molecular formula is C23H27N2O2+. The van der Waals surface area contributed by atoms with Gasteiger partial charge in [-0.05, 0) is 42.2 Å². The van der Waals surface area contributed by atoms with Gasteiger partial charge in [-0.3, -0.25) is 4.79 Å². The van der Waals surface area contributed by atoms with E-state index in [1.54, 1.807) is 6.26 Å². The Kier molecular flexibility index (Phi) is 6.44. The third-order valence-electron chi connectivity index (χ3n) is 4.92. The molecule has 0 aliphatic heterocycles. The first-order valence-corrected chi connectivity index (χ1v) is 9.49. The molecule has 1 amide bonds. The van der Waals surface area contributed by atoms with E-state index in [0.29, 0.717) is 12.5 Å². The number of carbonyl (C=O) groups is 1. The maximum atomic E-state index is 12.4. The predicted octanol–water partition coefficient (Wildman–Crippen LogP) is 4.08. The van der Waals surface area contributed by atoms with Crippen LogP contribution in [0.15, 0.2) is 77.4 Å². The van der Waals surface area contributed by atoms with Gasteiger partial charge in [0.1, 0.15) is 0 Å². The van der Waals surface area contributed by atoms with Gasteiger partial charge in [-0.25, -0.2) is 0 Å². The molecule has 0 radical (unpaired) electrons. The average molecular weight is 363 g/mol. The van der Waals surface area contributed by atoms with Crippen LogP contribution >= 0.6 is 0 Å². The van der Waals surface area contributed by atoms with Gasteiger partial charge < -0.3 is 15.1 Å². The van der Waals surface area contributed by atoms with Gasteiger partial charge in [0.15, 0.2) is 18.3 Å². The number of nitrogens with one attached hydrogen (secondary N) is 1. The second kappa shape index (κ2) is 9.19. The summed E-state index contributed by atoms with van der Waals surface area (Å²) in [5, 5.41) is 4.97. The standard InChI is InChI=1S/C23H26N2O2/c1-3-17(2)18-11-13-20(14-12-18)25-22(26)16-24-23(21-10-7-15-27-21)19-8-5-4-6-9-19/h4-15,17,23-24H,3,16H2,1-2H3,(H,25,26)/p+1/t17-,23+/m0/s1. The molecule has 27 heavy (non-hydrogen) atoms. The summed E-state index contributed by atoms with van der Waals surface area (Å²) >= 11 is 0. The number of hydrogen-bond donors (Lipinski definition) is 2. The first-order chi connectivity index (χ1) is 13.2. The molecule has 0 aliphatic rings. The Balaban J connectivity index is 1.61. The van der Waals surface area contributed by atoms with Crippen LogP contribution in [0, 0.1) is 0 Å². The van der Waals surface area contributed by atoms with E-state index < -0.39 is 0 Å². The van der Waals surface area contributed by atoms with Crippen molar-refractivity contribution in [3.63, 3.8) is 0 Å². The predicted molar refractivity (Wildman–Crippen MR) is 108 cm³/mol. The molecule has 3 rings (SSSR count). The summed E-state index contributed by atoms with van der Waals surface area (Å²) < 4.78 is 5.58. The Morgan fingerprint density at radius 2 is 1.74 bits per heavy atom. The fourth-order valence-corrected chi connectivity index (χ4v) is 3.11. The van der Waals surface area contributed by atoms with Crippen LogP contribution in [0.2, 0.25) is 0 Å². The molecule has 140 valence electrons. The number of rotatable bonds is 8. The van der Waals surface area contributed by atoms with Crippen molar-refractivity contribution in [2.75, 3.05) is 11.9 Å². The summed E-state index contributed by atoms with van der Waals surface area (Å²) in [4.78, 5) is 12.4. The van der Waals surface area contributed by atoms with Gasteiger partial charge in [-0.1, -0.05) is 56.3 Å². The minimum absolute atomic E-state index is 0.0289. The molecule has 2 atom stereocenters. The third kappa shape index (κ3) is 5.08. The van der Waals surface area contributed by atoms with Gasteiger partial charge in [0.05, 0.1) is 6.26 Å².